The van der Waals surface area contributed by atoms with Crippen molar-refractivity contribution in [3.05, 3.63) is 56.7 Å². The molecule has 2 aromatic carbocycles. The number of nitro groups is 1. The molecule has 0 bridgehead atoms. The third kappa shape index (κ3) is 5.98. The second-order valence-electron chi connectivity index (χ2n) is 6.60. The molecule has 156 valence electrons. The number of likely N-dealkylation sites (N-methyl/N-ethyl adjacent to an activating group) is 1. The van der Waals surface area contributed by atoms with Crippen molar-refractivity contribution in [1.82, 2.24) is 9.88 Å². The van der Waals surface area contributed by atoms with Gasteiger partial charge in [-0.3, -0.25) is 19.5 Å². The smallest absolute Gasteiger partial charge is 0.293 e. The number of aromatic amines is 1. The summed E-state index contributed by atoms with van der Waals surface area (Å²) in [5, 5.41) is 15.4. The molecule has 3 aromatic rings. The Hall–Kier alpha value is -3.02. The number of benzene rings is 2. The Morgan fingerprint density at radius 1 is 1.21 bits per heavy atom. The van der Waals surface area contributed by atoms with Crippen molar-refractivity contribution in [3.63, 3.8) is 0 Å². The summed E-state index contributed by atoms with van der Waals surface area (Å²) in [5.41, 5.74) is 1.12. The number of aromatic nitrogens is 1. The number of non-ortho nitro benzene ring substituents is 1. The maximum Gasteiger partial charge on any atom is 0.293 e. The molecule has 0 fully saturated rings. The molecule has 0 radical (unpaired) electrons. The number of nitrogens with zero attached hydrogens (tertiary/aromatic N) is 2. The van der Waals surface area contributed by atoms with Gasteiger partial charge in [0.1, 0.15) is 5.52 Å². The summed E-state index contributed by atoms with van der Waals surface area (Å²) in [4.78, 5) is 28.8. The lowest BCUT2D eigenvalue weighted by Crippen LogP contribution is -2.21. The molecule has 0 aliphatic heterocycles. The molecule has 29 heavy (non-hydrogen) atoms. The van der Waals surface area contributed by atoms with E-state index in [-0.39, 0.29) is 16.6 Å². The molecule has 0 unspecified atom stereocenters. The second-order valence-corrected chi connectivity index (χ2v) is 8.07. The van der Waals surface area contributed by atoms with Gasteiger partial charge >= 0.3 is 0 Å². The van der Waals surface area contributed by atoms with Crippen LogP contribution in [0.5, 0.6) is 0 Å². The monoisotopic (exact) mass is 422 g/mol. The minimum Gasteiger partial charge on any atom is -0.383 e. The molecule has 0 aliphatic rings. The number of nitrogens with one attached hydrogen (secondary N) is 2. The predicted molar refractivity (Wildman–Crippen MR) is 113 cm³/mol. The molecule has 0 atom stereocenters. The number of H-pyrrole nitrogens is 1. The van der Waals surface area contributed by atoms with Gasteiger partial charge in [-0.15, -0.1) is 0 Å². The molecule has 10 nitrogen and oxygen atoms in total. The highest BCUT2D eigenvalue weighted by Gasteiger charge is 2.19. The van der Waals surface area contributed by atoms with E-state index in [1.165, 1.54) is 6.07 Å². The van der Waals surface area contributed by atoms with E-state index in [4.69, 9.17) is 4.55 Å². The average Bonchev–Trinajstić information content (AvgIpc) is 2.60. The second kappa shape index (κ2) is 8.99. The SMILES string of the molecule is CN(C)CCNc1ccc([N+](=O)[O-])c2[nH]c3ccccc3c(=O)c12.CS(=O)(=O)O. The first-order valence-electron chi connectivity index (χ1n) is 8.52. The standard InChI is InChI=1S/C17H18N4O3.CH4O3S/c1-20(2)10-9-18-13-7-8-14(21(23)24)16-15(13)17(22)11-5-3-4-6-12(11)19-16;1-5(2,3)4/h3-8,18H,9-10H2,1-2H3,(H,19,22);1H3,(H,2,3,4). The third-order valence-corrected chi connectivity index (χ3v) is 3.91. The van der Waals surface area contributed by atoms with Gasteiger partial charge in [-0.2, -0.15) is 8.42 Å². The molecule has 0 aliphatic carbocycles. The Morgan fingerprint density at radius 3 is 2.41 bits per heavy atom. The van der Waals surface area contributed by atoms with Gasteiger partial charge in [0.2, 0.25) is 0 Å². The van der Waals surface area contributed by atoms with Gasteiger partial charge in [-0.1, -0.05) is 12.1 Å². The number of hydrogen-bond donors (Lipinski definition) is 3. The number of rotatable bonds is 5. The van der Waals surface area contributed by atoms with Crippen LogP contribution in [0.1, 0.15) is 0 Å². The van der Waals surface area contributed by atoms with Crippen molar-refractivity contribution in [2.24, 2.45) is 0 Å². The topological polar surface area (TPSA) is 146 Å². The fourth-order valence-electron chi connectivity index (χ4n) is 2.73. The minimum atomic E-state index is -3.67. The molecular formula is C18H22N4O6S. The van der Waals surface area contributed by atoms with Crippen molar-refractivity contribution >= 4 is 43.3 Å². The molecule has 3 N–H and O–H groups in total. The third-order valence-electron chi connectivity index (χ3n) is 3.91. The largest absolute Gasteiger partial charge is 0.383 e. The van der Waals surface area contributed by atoms with Crippen LogP contribution < -0.4 is 10.7 Å². The van der Waals surface area contributed by atoms with Gasteiger partial charge in [0, 0.05) is 35.7 Å². The minimum absolute atomic E-state index is 0.106. The van der Waals surface area contributed by atoms with Crippen molar-refractivity contribution in [1.29, 1.82) is 0 Å². The fraction of sp³-hybridized carbons (Fsp3) is 0.278. The van der Waals surface area contributed by atoms with Crippen LogP contribution in [0.25, 0.3) is 21.8 Å². The van der Waals surface area contributed by atoms with Gasteiger partial charge in [0.05, 0.1) is 16.6 Å². The average molecular weight is 422 g/mol. The lowest BCUT2D eigenvalue weighted by molar-refractivity contribution is -0.383. The van der Waals surface area contributed by atoms with Gasteiger partial charge < -0.3 is 15.2 Å². The summed E-state index contributed by atoms with van der Waals surface area (Å²) < 4.78 is 25.9. The molecule has 0 spiro atoms. The van der Waals surface area contributed by atoms with Crippen LogP contribution in [0.2, 0.25) is 0 Å². The van der Waals surface area contributed by atoms with Crippen molar-refractivity contribution in [3.8, 4) is 0 Å². The first kappa shape index (κ1) is 22.3. The Labute approximate surface area is 167 Å². The molecule has 1 aromatic heterocycles. The highest BCUT2D eigenvalue weighted by molar-refractivity contribution is 7.85. The summed E-state index contributed by atoms with van der Waals surface area (Å²) in [6.07, 6.45) is 0.715. The number of anilines is 1. The van der Waals surface area contributed by atoms with Gasteiger partial charge in [0.15, 0.2) is 5.43 Å². The highest BCUT2D eigenvalue weighted by atomic mass is 32.2. The predicted octanol–water partition coefficient (Wildman–Crippen LogP) is 2.07. The number of para-hydroxylation sites is 1. The van der Waals surface area contributed by atoms with Gasteiger partial charge in [0.25, 0.3) is 15.8 Å². The maximum absolute atomic E-state index is 12.9. The van der Waals surface area contributed by atoms with E-state index in [1.54, 1.807) is 30.3 Å². The first-order chi connectivity index (χ1) is 13.5. The van der Waals surface area contributed by atoms with Crippen LogP contribution in [0.3, 0.4) is 0 Å². The van der Waals surface area contributed by atoms with E-state index in [0.717, 1.165) is 6.54 Å². The molecule has 11 heteroatoms. The van der Waals surface area contributed by atoms with E-state index in [9.17, 15) is 23.3 Å². The zero-order valence-electron chi connectivity index (χ0n) is 16.2. The molecule has 0 saturated carbocycles. The Kier molecular flexibility index (Phi) is 6.90. The highest BCUT2D eigenvalue weighted by Crippen LogP contribution is 2.29. The molecule has 3 rings (SSSR count). The summed E-state index contributed by atoms with van der Waals surface area (Å²) in [5.74, 6) is 0. The molecule has 1 heterocycles. The first-order valence-corrected chi connectivity index (χ1v) is 10.4. The van der Waals surface area contributed by atoms with Crippen LogP contribution in [-0.4, -0.2) is 61.2 Å². The quantitative estimate of drug-likeness (QED) is 0.245. The van der Waals surface area contributed by atoms with Crippen molar-refractivity contribution < 1.29 is 17.9 Å². The van der Waals surface area contributed by atoms with Gasteiger partial charge in [-0.05, 0) is 32.3 Å². The van der Waals surface area contributed by atoms with E-state index in [0.29, 0.717) is 34.8 Å². The molecule has 0 amide bonds. The lowest BCUT2D eigenvalue weighted by atomic mass is 10.1. The van der Waals surface area contributed by atoms with E-state index >= 15 is 0 Å². The van der Waals surface area contributed by atoms with E-state index in [2.05, 4.69) is 10.3 Å². The number of fused-ring (bicyclic) bond motifs is 2. The van der Waals surface area contributed by atoms with E-state index < -0.39 is 15.0 Å². The Bertz CT molecular complexity index is 1200. The summed E-state index contributed by atoms with van der Waals surface area (Å²) in [6.45, 7) is 1.41. The Balaban J connectivity index is 0.000000537. The van der Waals surface area contributed by atoms with Crippen LogP contribution in [0, 0.1) is 10.1 Å². The van der Waals surface area contributed by atoms with E-state index in [1.807, 2.05) is 19.0 Å². The zero-order chi connectivity index (χ0) is 21.8. The van der Waals surface area contributed by atoms with Gasteiger partial charge in [-0.25, -0.2) is 0 Å². The van der Waals surface area contributed by atoms with Crippen molar-refractivity contribution in [2.75, 3.05) is 38.8 Å². The van der Waals surface area contributed by atoms with Crippen LogP contribution in [-0.2, 0) is 10.1 Å². The van der Waals surface area contributed by atoms with Crippen molar-refractivity contribution in [2.45, 2.75) is 0 Å². The molecule has 0 saturated heterocycles. The maximum atomic E-state index is 12.9. The number of hydrogen-bond acceptors (Lipinski definition) is 7. The van der Waals surface area contributed by atoms with Crippen LogP contribution >= 0.6 is 0 Å². The van der Waals surface area contributed by atoms with Crippen LogP contribution in [0.15, 0.2) is 41.2 Å². The number of nitro benzene ring substituents is 1. The normalized spacial score (nSPS) is 11.3. The summed E-state index contributed by atoms with van der Waals surface area (Å²) in [7, 11) is 0.242. The Morgan fingerprint density at radius 2 is 1.83 bits per heavy atom. The molecular weight excluding hydrogens is 400 g/mol. The summed E-state index contributed by atoms with van der Waals surface area (Å²) in [6, 6.07) is 10.0. The lowest BCUT2D eigenvalue weighted by Gasteiger charge is -2.13. The number of pyridine rings is 1. The fourth-order valence-corrected chi connectivity index (χ4v) is 2.73. The van der Waals surface area contributed by atoms with Crippen LogP contribution in [0.4, 0.5) is 11.4 Å². The zero-order valence-corrected chi connectivity index (χ0v) is 17.0. The summed E-state index contributed by atoms with van der Waals surface area (Å²) >= 11 is 0.